The number of rotatable bonds is 3. The van der Waals surface area contributed by atoms with Gasteiger partial charge in [0.25, 0.3) is 0 Å². The van der Waals surface area contributed by atoms with Gasteiger partial charge < -0.3 is 9.84 Å². The number of nitrogens with one attached hydrogen (secondary N) is 1. The summed E-state index contributed by atoms with van der Waals surface area (Å²) in [6, 6.07) is 1.57. The van der Waals surface area contributed by atoms with Crippen LogP contribution in [0.1, 0.15) is 18.6 Å². The van der Waals surface area contributed by atoms with Crippen LogP contribution in [0.2, 0.25) is 0 Å². The molecule has 0 radical (unpaired) electrons. The van der Waals surface area contributed by atoms with Crippen LogP contribution < -0.4 is 5.32 Å². The lowest BCUT2D eigenvalue weighted by molar-refractivity contribution is -0.116. The van der Waals surface area contributed by atoms with E-state index < -0.39 is 15.9 Å². The standard InChI is InChI=1S/C10H15N3O4S/c1-8-6-9(12-17-8)11-10(14)7-13-4-2-3-5-18(13,15)16/h6H,2-5,7H2,1H3,(H,11,12,14). The number of hydrogen-bond acceptors (Lipinski definition) is 5. The number of nitrogens with zero attached hydrogens (tertiary/aromatic N) is 2. The van der Waals surface area contributed by atoms with Gasteiger partial charge in [-0.2, -0.15) is 4.31 Å². The first kappa shape index (κ1) is 13.0. The van der Waals surface area contributed by atoms with Crippen LogP contribution in [0, 0.1) is 6.92 Å². The lowest BCUT2D eigenvalue weighted by Gasteiger charge is -2.25. The average Bonchev–Trinajstić information content (AvgIpc) is 2.67. The highest BCUT2D eigenvalue weighted by atomic mass is 32.2. The molecule has 2 heterocycles. The number of hydrogen-bond donors (Lipinski definition) is 1. The zero-order valence-corrected chi connectivity index (χ0v) is 10.9. The predicted molar refractivity (Wildman–Crippen MR) is 64.5 cm³/mol. The molecule has 2 rings (SSSR count). The molecule has 0 bridgehead atoms. The molecule has 1 amide bonds. The van der Waals surface area contributed by atoms with Gasteiger partial charge in [-0.3, -0.25) is 4.79 Å². The minimum Gasteiger partial charge on any atom is -0.360 e. The Hall–Kier alpha value is -1.41. The Morgan fingerprint density at radius 3 is 2.94 bits per heavy atom. The Morgan fingerprint density at radius 1 is 1.56 bits per heavy atom. The molecule has 0 saturated carbocycles. The second-order valence-corrected chi connectivity index (χ2v) is 6.32. The molecule has 7 nitrogen and oxygen atoms in total. The molecule has 1 aliphatic rings. The highest BCUT2D eigenvalue weighted by molar-refractivity contribution is 7.89. The lowest BCUT2D eigenvalue weighted by atomic mass is 10.3. The molecular weight excluding hydrogens is 258 g/mol. The molecule has 0 aliphatic carbocycles. The molecule has 1 aromatic rings. The van der Waals surface area contributed by atoms with Crippen molar-refractivity contribution in [3.63, 3.8) is 0 Å². The number of carbonyl (C=O) groups excluding carboxylic acids is 1. The summed E-state index contributed by atoms with van der Waals surface area (Å²) < 4.78 is 29.4. The second-order valence-electron chi connectivity index (χ2n) is 4.23. The van der Waals surface area contributed by atoms with Gasteiger partial charge in [0.1, 0.15) is 5.76 Å². The monoisotopic (exact) mass is 273 g/mol. The SMILES string of the molecule is Cc1cc(NC(=O)CN2CCCCS2(=O)=O)no1. The van der Waals surface area contributed by atoms with Gasteiger partial charge in [0.15, 0.2) is 5.82 Å². The minimum absolute atomic E-state index is 0.114. The van der Waals surface area contributed by atoms with E-state index in [4.69, 9.17) is 4.52 Å². The van der Waals surface area contributed by atoms with Crippen molar-refractivity contribution < 1.29 is 17.7 Å². The quantitative estimate of drug-likeness (QED) is 0.857. The van der Waals surface area contributed by atoms with E-state index >= 15 is 0 Å². The van der Waals surface area contributed by atoms with E-state index in [2.05, 4.69) is 10.5 Å². The molecule has 8 heteroatoms. The van der Waals surface area contributed by atoms with Gasteiger partial charge in [0, 0.05) is 12.6 Å². The smallest absolute Gasteiger partial charge is 0.240 e. The Labute approximate surface area is 105 Å². The Balaban J connectivity index is 1.95. The number of aromatic nitrogens is 1. The van der Waals surface area contributed by atoms with Crippen molar-refractivity contribution in [2.75, 3.05) is 24.2 Å². The topological polar surface area (TPSA) is 92.5 Å². The van der Waals surface area contributed by atoms with E-state index in [1.165, 1.54) is 4.31 Å². The normalized spacial score (nSPS) is 19.6. The maximum absolute atomic E-state index is 11.7. The molecule has 1 aliphatic heterocycles. The molecular formula is C10H15N3O4S. The molecule has 100 valence electrons. The third-order valence-electron chi connectivity index (χ3n) is 2.67. The number of sulfonamides is 1. The fourth-order valence-electron chi connectivity index (χ4n) is 1.79. The fraction of sp³-hybridized carbons (Fsp3) is 0.600. The summed E-state index contributed by atoms with van der Waals surface area (Å²) in [6.07, 6.45) is 1.44. The maximum atomic E-state index is 11.7. The predicted octanol–water partition coefficient (Wildman–Crippen LogP) is 0.347. The van der Waals surface area contributed by atoms with E-state index in [0.717, 1.165) is 6.42 Å². The summed E-state index contributed by atoms with van der Waals surface area (Å²) >= 11 is 0. The van der Waals surface area contributed by atoms with Crippen LogP contribution in [0.25, 0.3) is 0 Å². The van der Waals surface area contributed by atoms with Gasteiger partial charge in [-0.25, -0.2) is 8.42 Å². The van der Waals surface area contributed by atoms with Gasteiger partial charge in [-0.05, 0) is 19.8 Å². The number of aryl methyl sites for hydroxylation is 1. The molecule has 0 unspecified atom stereocenters. The van der Waals surface area contributed by atoms with Crippen molar-refractivity contribution in [1.29, 1.82) is 0 Å². The summed E-state index contributed by atoms with van der Waals surface area (Å²) in [5, 5.41) is 6.11. The zero-order chi connectivity index (χ0) is 13.2. The average molecular weight is 273 g/mol. The van der Waals surface area contributed by atoms with Crippen LogP contribution in [0.3, 0.4) is 0 Å². The van der Waals surface area contributed by atoms with Crippen molar-refractivity contribution in [1.82, 2.24) is 9.46 Å². The first-order valence-electron chi connectivity index (χ1n) is 5.68. The first-order chi connectivity index (χ1) is 8.47. The van der Waals surface area contributed by atoms with Crippen LogP contribution in [0.15, 0.2) is 10.6 Å². The van der Waals surface area contributed by atoms with Crippen molar-refractivity contribution in [2.45, 2.75) is 19.8 Å². The third kappa shape index (κ3) is 3.08. The summed E-state index contributed by atoms with van der Waals surface area (Å²) in [5.74, 6) is 0.583. The molecule has 0 atom stereocenters. The Morgan fingerprint density at radius 2 is 2.33 bits per heavy atom. The molecule has 1 aromatic heterocycles. The Kier molecular flexibility index (Phi) is 3.67. The van der Waals surface area contributed by atoms with E-state index in [1.807, 2.05) is 0 Å². The lowest BCUT2D eigenvalue weighted by Crippen LogP contribution is -2.42. The minimum atomic E-state index is -3.28. The highest BCUT2D eigenvalue weighted by Crippen LogP contribution is 2.13. The van der Waals surface area contributed by atoms with Crippen molar-refractivity contribution in [3.8, 4) is 0 Å². The summed E-state index contributed by atoms with van der Waals surface area (Å²) in [5.41, 5.74) is 0. The van der Waals surface area contributed by atoms with Gasteiger partial charge in [-0.1, -0.05) is 5.16 Å². The number of amides is 1. The molecule has 18 heavy (non-hydrogen) atoms. The van der Waals surface area contributed by atoms with E-state index in [9.17, 15) is 13.2 Å². The molecule has 0 spiro atoms. The van der Waals surface area contributed by atoms with Crippen molar-refractivity contribution in [3.05, 3.63) is 11.8 Å². The third-order valence-corrected chi connectivity index (χ3v) is 4.57. The van der Waals surface area contributed by atoms with Crippen LogP contribution in [-0.4, -0.2) is 42.6 Å². The number of carbonyl (C=O) groups is 1. The van der Waals surface area contributed by atoms with Crippen LogP contribution in [-0.2, 0) is 14.8 Å². The van der Waals surface area contributed by atoms with Gasteiger partial charge in [0.2, 0.25) is 15.9 Å². The molecule has 1 fully saturated rings. The van der Waals surface area contributed by atoms with Crippen LogP contribution >= 0.6 is 0 Å². The van der Waals surface area contributed by atoms with Gasteiger partial charge >= 0.3 is 0 Å². The summed E-state index contributed by atoms with van der Waals surface area (Å²) in [7, 11) is -3.28. The number of anilines is 1. The highest BCUT2D eigenvalue weighted by Gasteiger charge is 2.27. The maximum Gasteiger partial charge on any atom is 0.240 e. The largest absolute Gasteiger partial charge is 0.360 e. The zero-order valence-electron chi connectivity index (χ0n) is 10.0. The van der Waals surface area contributed by atoms with E-state index in [-0.39, 0.29) is 12.3 Å². The van der Waals surface area contributed by atoms with Crippen molar-refractivity contribution >= 4 is 21.7 Å². The van der Waals surface area contributed by atoms with Crippen LogP contribution in [0.4, 0.5) is 5.82 Å². The van der Waals surface area contributed by atoms with E-state index in [0.29, 0.717) is 24.5 Å². The first-order valence-corrected chi connectivity index (χ1v) is 7.29. The van der Waals surface area contributed by atoms with Crippen LogP contribution in [0.5, 0.6) is 0 Å². The fourth-order valence-corrected chi connectivity index (χ4v) is 3.33. The second kappa shape index (κ2) is 5.07. The van der Waals surface area contributed by atoms with Gasteiger partial charge in [-0.15, -0.1) is 0 Å². The van der Waals surface area contributed by atoms with Crippen molar-refractivity contribution in [2.24, 2.45) is 0 Å². The summed E-state index contributed by atoms with van der Waals surface area (Å²) in [4.78, 5) is 11.7. The molecule has 1 saturated heterocycles. The molecule has 1 N–H and O–H groups in total. The summed E-state index contributed by atoms with van der Waals surface area (Å²) in [6.45, 7) is 1.93. The Bertz CT molecular complexity index is 537. The van der Waals surface area contributed by atoms with Gasteiger partial charge in [0.05, 0.1) is 12.3 Å². The van der Waals surface area contributed by atoms with E-state index in [1.54, 1.807) is 13.0 Å². The molecule has 0 aromatic carbocycles.